The highest BCUT2D eigenvalue weighted by molar-refractivity contribution is 7.13. The number of aromatic nitrogens is 1. The zero-order valence-corrected chi connectivity index (χ0v) is 16.3. The van der Waals surface area contributed by atoms with Crippen LogP contribution in [0.3, 0.4) is 0 Å². The molecule has 0 atom stereocenters. The van der Waals surface area contributed by atoms with E-state index in [0.717, 1.165) is 25.0 Å². The number of hydrogen-bond acceptors (Lipinski definition) is 3. The molecule has 1 amide bonds. The van der Waals surface area contributed by atoms with E-state index in [2.05, 4.69) is 17.1 Å². The molecular formula is C22H19F3N2OS. The molecule has 3 nitrogen and oxygen atoms in total. The van der Waals surface area contributed by atoms with Crippen LogP contribution in [0.4, 0.5) is 13.2 Å². The maximum Gasteiger partial charge on any atom is 0.416 e. The Kier molecular flexibility index (Phi) is 5.41. The minimum absolute atomic E-state index is 0.161. The van der Waals surface area contributed by atoms with Gasteiger partial charge in [0.2, 0.25) is 0 Å². The van der Waals surface area contributed by atoms with Gasteiger partial charge in [0.05, 0.1) is 5.56 Å². The molecule has 4 rings (SSSR count). The van der Waals surface area contributed by atoms with E-state index >= 15 is 0 Å². The van der Waals surface area contributed by atoms with Gasteiger partial charge in [-0.15, -0.1) is 11.3 Å². The molecule has 150 valence electrons. The van der Waals surface area contributed by atoms with Crippen LogP contribution in [-0.4, -0.2) is 28.9 Å². The van der Waals surface area contributed by atoms with Crippen molar-refractivity contribution >= 4 is 17.2 Å². The van der Waals surface area contributed by atoms with E-state index in [1.54, 1.807) is 16.3 Å². The summed E-state index contributed by atoms with van der Waals surface area (Å²) in [6.45, 7) is 1.30. The highest BCUT2D eigenvalue weighted by Gasteiger charge is 2.31. The number of amides is 1. The van der Waals surface area contributed by atoms with E-state index in [1.807, 2.05) is 18.2 Å². The van der Waals surface area contributed by atoms with Gasteiger partial charge in [-0.25, -0.2) is 4.98 Å². The van der Waals surface area contributed by atoms with Gasteiger partial charge in [-0.1, -0.05) is 42.5 Å². The predicted octanol–water partition coefficient (Wildman–Crippen LogP) is 5.85. The monoisotopic (exact) mass is 416 g/mol. The van der Waals surface area contributed by atoms with Crippen molar-refractivity contribution in [2.24, 2.45) is 0 Å². The van der Waals surface area contributed by atoms with Crippen LogP contribution in [0.2, 0.25) is 0 Å². The number of halogens is 3. The predicted molar refractivity (Wildman–Crippen MR) is 107 cm³/mol. The van der Waals surface area contributed by atoms with Gasteiger partial charge >= 0.3 is 6.18 Å². The third kappa shape index (κ3) is 4.34. The number of rotatable bonds is 3. The molecule has 0 bridgehead atoms. The first-order valence-corrected chi connectivity index (χ1v) is 10.3. The lowest BCUT2D eigenvalue weighted by Gasteiger charge is -2.31. The van der Waals surface area contributed by atoms with E-state index in [0.29, 0.717) is 35.3 Å². The van der Waals surface area contributed by atoms with Crippen molar-refractivity contribution in [2.75, 3.05) is 13.1 Å². The number of hydrogen-bond donors (Lipinski definition) is 0. The summed E-state index contributed by atoms with van der Waals surface area (Å²) in [6, 6.07) is 15.3. The number of carbonyl (C=O) groups is 1. The fourth-order valence-corrected chi connectivity index (χ4v) is 4.43. The first-order valence-electron chi connectivity index (χ1n) is 9.39. The topological polar surface area (TPSA) is 33.2 Å². The molecule has 1 saturated heterocycles. The van der Waals surface area contributed by atoms with Gasteiger partial charge in [-0.05, 0) is 36.5 Å². The fourth-order valence-electron chi connectivity index (χ4n) is 3.64. The van der Waals surface area contributed by atoms with E-state index in [9.17, 15) is 18.0 Å². The Balaban J connectivity index is 1.44. The number of nitrogens with zero attached hydrogens (tertiary/aromatic N) is 2. The second-order valence-electron chi connectivity index (χ2n) is 7.09. The van der Waals surface area contributed by atoms with Crippen LogP contribution in [0.5, 0.6) is 0 Å². The molecule has 0 radical (unpaired) electrons. The summed E-state index contributed by atoms with van der Waals surface area (Å²) >= 11 is 1.19. The SMILES string of the molecule is O=C(c1csc(-c2cccc(C(F)(F)F)c2)n1)N1CCC(c2ccccc2)CC1. The summed E-state index contributed by atoms with van der Waals surface area (Å²) in [4.78, 5) is 18.9. The molecule has 1 aliphatic heterocycles. The molecule has 0 saturated carbocycles. The van der Waals surface area contributed by atoms with Gasteiger partial charge in [-0.2, -0.15) is 13.2 Å². The molecule has 1 aliphatic rings. The Morgan fingerprint density at radius 2 is 1.76 bits per heavy atom. The number of carbonyl (C=O) groups excluding carboxylic acids is 1. The van der Waals surface area contributed by atoms with Crippen molar-refractivity contribution in [3.63, 3.8) is 0 Å². The quantitative estimate of drug-likeness (QED) is 0.537. The minimum Gasteiger partial charge on any atom is -0.337 e. The highest BCUT2D eigenvalue weighted by Crippen LogP contribution is 2.33. The number of piperidine rings is 1. The molecule has 1 fully saturated rings. The van der Waals surface area contributed by atoms with Gasteiger partial charge in [-0.3, -0.25) is 4.79 Å². The maximum absolute atomic E-state index is 12.9. The van der Waals surface area contributed by atoms with Crippen molar-refractivity contribution in [3.05, 3.63) is 76.8 Å². The van der Waals surface area contributed by atoms with E-state index in [1.165, 1.54) is 23.0 Å². The van der Waals surface area contributed by atoms with Crippen LogP contribution in [-0.2, 0) is 6.18 Å². The summed E-state index contributed by atoms with van der Waals surface area (Å²) in [6.07, 6.45) is -2.63. The summed E-state index contributed by atoms with van der Waals surface area (Å²) < 4.78 is 38.8. The average Bonchev–Trinajstić information content (AvgIpc) is 3.24. The number of alkyl halides is 3. The lowest BCUT2D eigenvalue weighted by Crippen LogP contribution is -2.38. The van der Waals surface area contributed by atoms with Crippen LogP contribution < -0.4 is 0 Å². The van der Waals surface area contributed by atoms with Crippen molar-refractivity contribution in [1.82, 2.24) is 9.88 Å². The molecule has 2 heterocycles. The number of benzene rings is 2. The standard InChI is InChI=1S/C22H19F3N2OS/c23-22(24,25)18-8-4-7-17(13-18)20-26-19(14-29-20)21(28)27-11-9-16(10-12-27)15-5-2-1-3-6-15/h1-8,13-14,16H,9-12H2. The normalized spacial score (nSPS) is 15.5. The highest BCUT2D eigenvalue weighted by atomic mass is 32.1. The Hall–Kier alpha value is -2.67. The maximum atomic E-state index is 12.9. The largest absolute Gasteiger partial charge is 0.416 e. The van der Waals surface area contributed by atoms with Gasteiger partial charge in [0.1, 0.15) is 10.7 Å². The average molecular weight is 416 g/mol. The van der Waals surface area contributed by atoms with Crippen molar-refractivity contribution in [2.45, 2.75) is 24.9 Å². The lowest BCUT2D eigenvalue weighted by atomic mass is 9.89. The van der Waals surface area contributed by atoms with Crippen LogP contribution >= 0.6 is 11.3 Å². The smallest absolute Gasteiger partial charge is 0.337 e. The van der Waals surface area contributed by atoms with Crippen molar-refractivity contribution in [3.8, 4) is 10.6 Å². The second-order valence-corrected chi connectivity index (χ2v) is 7.95. The zero-order chi connectivity index (χ0) is 20.4. The molecule has 0 aliphatic carbocycles. The molecule has 29 heavy (non-hydrogen) atoms. The van der Waals surface area contributed by atoms with Gasteiger partial charge < -0.3 is 4.90 Å². The van der Waals surface area contributed by atoms with Crippen LogP contribution in [0.25, 0.3) is 10.6 Å². The Labute approximate surface area is 170 Å². The van der Waals surface area contributed by atoms with Gasteiger partial charge in [0, 0.05) is 24.0 Å². The second kappa shape index (κ2) is 7.99. The van der Waals surface area contributed by atoms with Crippen LogP contribution in [0, 0.1) is 0 Å². The fraction of sp³-hybridized carbons (Fsp3) is 0.273. The van der Waals surface area contributed by atoms with E-state index in [4.69, 9.17) is 0 Å². The summed E-state index contributed by atoms with van der Waals surface area (Å²) in [5.74, 6) is 0.280. The zero-order valence-electron chi connectivity index (χ0n) is 15.5. The first-order chi connectivity index (χ1) is 13.9. The van der Waals surface area contributed by atoms with Crippen molar-refractivity contribution in [1.29, 1.82) is 0 Å². The summed E-state index contributed by atoms with van der Waals surface area (Å²) in [5, 5.41) is 2.04. The van der Waals surface area contributed by atoms with E-state index < -0.39 is 11.7 Å². The molecule has 7 heteroatoms. The molecule has 1 aromatic heterocycles. The first kappa shape index (κ1) is 19.6. The number of thiazole rings is 1. The third-order valence-corrected chi connectivity index (χ3v) is 6.10. The van der Waals surface area contributed by atoms with Gasteiger partial charge in [0.25, 0.3) is 5.91 Å². The Bertz CT molecular complexity index is 993. The summed E-state index contributed by atoms with van der Waals surface area (Å²) in [7, 11) is 0. The number of likely N-dealkylation sites (tertiary alicyclic amines) is 1. The van der Waals surface area contributed by atoms with Gasteiger partial charge in [0.15, 0.2) is 0 Å². The molecule has 2 aromatic carbocycles. The van der Waals surface area contributed by atoms with Crippen LogP contribution in [0.1, 0.15) is 40.4 Å². The van der Waals surface area contributed by atoms with Crippen molar-refractivity contribution < 1.29 is 18.0 Å². The Morgan fingerprint density at radius 3 is 2.45 bits per heavy atom. The Morgan fingerprint density at radius 1 is 1.03 bits per heavy atom. The third-order valence-electron chi connectivity index (χ3n) is 5.21. The molecule has 0 unspecified atom stereocenters. The molecule has 3 aromatic rings. The molecular weight excluding hydrogens is 397 g/mol. The van der Waals surface area contributed by atoms with E-state index in [-0.39, 0.29) is 5.91 Å². The molecule has 0 spiro atoms. The summed E-state index contributed by atoms with van der Waals surface area (Å²) in [5.41, 5.74) is 1.23. The molecule has 0 N–H and O–H groups in total. The van der Waals surface area contributed by atoms with Crippen LogP contribution in [0.15, 0.2) is 60.0 Å². The minimum atomic E-state index is -4.41. The lowest BCUT2D eigenvalue weighted by molar-refractivity contribution is -0.137.